The van der Waals surface area contributed by atoms with Crippen LogP contribution in [0.25, 0.3) is 4.98 Å². The lowest BCUT2D eigenvalue weighted by molar-refractivity contribution is 0.161. The summed E-state index contributed by atoms with van der Waals surface area (Å²) >= 11 is 1.47. The first kappa shape index (κ1) is 15.1. The minimum Gasteiger partial charge on any atom is -0.493 e. The molecule has 1 amide bonds. The van der Waals surface area contributed by atoms with Gasteiger partial charge in [-0.2, -0.15) is 0 Å². The Bertz CT molecular complexity index is 514. The van der Waals surface area contributed by atoms with Crippen LogP contribution < -0.4 is 9.64 Å². The zero-order valence-corrected chi connectivity index (χ0v) is 12.2. The number of methoxy groups -OCH3 is 1. The Balaban J connectivity index is 3.37. The van der Waals surface area contributed by atoms with Gasteiger partial charge < -0.3 is 9.47 Å². The van der Waals surface area contributed by atoms with Gasteiger partial charge in [0.1, 0.15) is 0 Å². The van der Waals surface area contributed by atoms with E-state index in [4.69, 9.17) is 14.9 Å². The molecule has 7 heteroatoms. The normalized spacial score (nSPS) is 9.63. The number of amides is 1. The van der Waals surface area contributed by atoms with Crippen molar-refractivity contribution in [3.8, 4) is 5.75 Å². The predicted molar refractivity (Wildman–Crippen MR) is 74.9 cm³/mol. The van der Waals surface area contributed by atoms with Crippen molar-refractivity contribution < 1.29 is 14.3 Å². The zero-order valence-electron chi connectivity index (χ0n) is 11.3. The van der Waals surface area contributed by atoms with Crippen LogP contribution in [-0.4, -0.2) is 33.1 Å². The number of carbonyl (C=O) groups excluding carboxylic acids is 1. The molecule has 0 aliphatic carbocycles. The van der Waals surface area contributed by atoms with Crippen molar-refractivity contribution in [2.75, 3.05) is 31.9 Å². The molecule has 0 saturated carbocycles. The van der Waals surface area contributed by atoms with E-state index in [1.165, 1.54) is 30.8 Å². The van der Waals surface area contributed by atoms with Crippen molar-refractivity contribution >= 4 is 29.2 Å². The lowest BCUT2D eigenvalue weighted by Crippen LogP contribution is -2.27. The van der Waals surface area contributed by atoms with Gasteiger partial charge in [-0.25, -0.2) is 4.79 Å². The first-order valence-electron chi connectivity index (χ1n) is 5.61. The van der Waals surface area contributed by atoms with Crippen molar-refractivity contribution in [1.82, 2.24) is 0 Å². The molecule has 0 aliphatic heterocycles. The van der Waals surface area contributed by atoms with Gasteiger partial charge in [-0.15, -0.1) is 11.8 Å². The number of anilines is 1. The third kappa shape index (κ3) is 3.09. The average molecular weight is 282 g/mol. The van der Waals surface area contributed by atoms with Crippen LogP contribution in [0.2, 0.25) is 0 Å². The molecule has 1 aromatic carbocycles. The Morgan fingerprint density at radius 1 is 1.53 bits per heavy atom. The minimum atomic E-state index is -0.538. The van der Waals surface area contributed by atoms with Crippen LogP contribution in [0, 0.1) is 5.39 Å². The lowest BCUT2D eigenvalue weighted by Gasteiger charge is -2.18. The van der Waals surface area contributed by atoms with E-state index in [1.807, 2.05) is 6.26 Å². The molecule has 6 nitrogen and oxygen atoms in total. The highest BCUT2D eigenvalue weighted by Crippen LogP contribution is 2.43. The molecule has 0 saturated heterocycles. The van der Waals surface area contributed by atoms with Crippen LogP contribution in [0.1, 0.15) is 6.92 Å². The quantitative estimate of drug-likeness (QED) is 0.624. The molecule has 1 rings (SSSR count). The summed E-state index contributed by atoms with van der Waals surface area (Å²) in [6, 6.07) is 3.38. The topological polar surface area (TPSA) is 66.9 Å². The van der Waals surface area contributed by atoms with E-state index in [0.29, 0.717) is 11.4 Å². The van der Waals surface area contributed by atoms with Crippen molar-refractivity contribution in [2.24, 2.45) is 0 Å². The highest BCUT2D eigenvalue weighted by molar-refractivity contribution is 7.98. The van der Waals surface area contributed by atoms with Crippen LogP contribution >= 0.6 is 11.8 Å². The number of hydrogen-bond acceptors (Lipinski definition) is 5. The number of hydrogen-bond donors (Lipinski definition) is 0. The predicted octanol–water partition coefficient (Wildman–Crippen LogP) is 3.49. The Labute approximate surface area is 116 Å². The summed E-state index contributed by atoms with van der Waals surface area (Å²) in [5.74, 6) is 0.471. The Morgan fingerprint density at radius 2 is 2.21 bits per heavy atom. The molecule has 0 unspecified atom stereocenters. The second-order valence-corrected chi connectivity index (χ2v) is 4.37. The van der Waals surface area contributed by atoms with Gasteiger partial charge in [0.25, 0.3) is 0 Å². The fourth-order valence-corrected chi connectivity index (χ4v) is 2.19. The van der Waals surface area contributed by atoms with Crippen LogP contribution in [-0.2, 0) is 4.74 Å². The number of nitrogens with zero attached hydrogens (tertiary/aromatic N) is 3. The van der Waals surface area contributed by atoms with E-state index in [1.54, 1.807) is 19.1 Å². The van der Waals surface area contributed by atoms with E-state index < -0.39 is 6.09 Å². The summed E-state index contributed by atoms with van der Waals surface area (Å²) in [5, 5.41) is 9.05. The molecular weight excluding hydrogens is 266 g/mol. The summed E-state index contributed by atoms with van der Waals surface area (Å²) in [6.07, 6.45) is 1.35. The van der Waals surface area contributed by atoms with E-state index >= 15 is 0 Å². The monoisotopic (exact) mass is 282 g/mol. The van der Waals surface area contributed by atoms with Gasteiger partial charge in [0.15, 0.2) is 16.4 Å². The van der Waals surface area contributed by atoms with E-state index in [2.05, 4.69) is 4.98 Å². The minimum absolute atomic E-state index is 0.241. The number of diazo groups is 1. The zero-order chi connectivity index (χ0) is 14.4. The maximum Gasteiger partial charge on any atom is 0.414 e. The fraction of sp³-hybridized carbons (Fsp3) is 0.417. The van der Waals surface area contributed by atoms with Crippen LogP contribution in [0.4, 0.5) is 16.2 Å². The van der Waals surface area contributed by atoms with Gasteiger partial charge >= 0.3 is 11.8 Å². The van der Waals surface area contributed by atoms with Crippen LogP contribution in [0.15, 0.2) is 17.0 Å². The van der Waals surface area contributed by atoms with Gasteiger partial charge in [-0.1, -0.05) is 0 Å². The second kappa shape index (κ2) is 6.85. The van der Waals surface area contributed by atoms with Crippen molar-refractivity contribution in [1.29, 1.82) is 5.39 Å². The molecule has 0 radical (unpaired) electrons. The Kier molecular flexibility index (Phi) is 5.45. The van der Waals surface area contributed by atoms with Crippen molar-refractivity contribution in [3.63, 3.8) is 0 Å². The highest BCUT2D eigenvalue weighted by atomic mass is 32.2. The maximum absolute atomic E-state index is 11.8. The Hall–Kier alpha value is -1.94. The van der Waals surface area contributed by atoms with Crippen molar-refractivity contribution in [3.05, 3.63) is 17.1 Å². The fourth-order valence-electron chi connectivity index (χ4n) is 1.62. The summed E-state index contributed by atoms with van der Waals surface area (Å²) in [5.41, 5.74) is 0.612. The number of rotatable bonds is 4. The highest BCUT2D eigenvalue weighted by Gasteiger charge is 2.29. The van der Waals surface area contributed by atoms with Gasteiger partial charge in [0, 0.05) is 13.1 Å². The van der Waals surface area contributed by atoms with Gasteiger partial charge in [-0.3, -0.25) is 4.90 Å². The third-order valence-corrected chi connectivity index (χ3v) is 3.24. The number of thioether (sulfide) groups is 1. The van der Waals surface area contributed by atoms with Crippen molar-refractivity contribution in [2.45, 2.75) is 11.8 Å². The number of benzene rings is 1. The molecule has 0 aliphatic rings. The lowest BCUT2D eigenvalue weighted by atomic mass is 10.2. The molecule has 102 valence electrons. The molecule has 19 heavy (non-hydrogen) atoms. The second-order valence-electron chi connectivity index (χ2n) is 3.53. The smallest absolute Gasteiger partial charge is 0.414 e. The van der Waals surface area contributed by atoms with E-state index in [0.717, 1.165) is 4.90 Å². The standard InChI is InChI=1S/C12H16N3O3S/c1-5-18-12(16)15(2)10-8(14-13)6-7-9(19-4)11(10)17-3/h6-7H,5H2,1-4H3/q+1. The molecule has 0 N–H and O–H groups in total. The maximum atomic E-state index is 11.8. The van der Waals surface area contributed by atoms with E-state index in [-0.39, 0.29) is 12.3 Å². The van der Waals surface area contributed by atoms with Crippen LogP contribution in [0.3, 0.4) is 0 Å². The number of ether oxygens (including phenoxy) is 2. The molecule has 0 heterocycles. The first-order chi connectivity index (χ1) is 9.10. The van der Waals surface area contributed by atoms with Gasteiger partial charge in [0.2, 0.25) is 5.39 Å². The molecule has 1 aromatic rings. The average Bonchev–Trinajstić information content (AvgIpc) is 2.44. The molecule has 0 fully saturated rings. The summed E-state index contributed by atoms with van der Waals surface area (Å²) < 4.78 is 10.2. The Morgan fingerprint density at radius 3 is 2.68 bits per heavy atom. The molecule has 0 aromatic heterocycles. The third-order valence-electron chi connectivity index (χ3n) is 2.48. The van der Waals surface area contributed by atoms with E-state index in [9.17, 15) is 4.79 Å². The summed E-state index contributed by atoms with van der Waals surface area (Å²) in [7, 11) is 3.04. The first-order valence-corrected chi connectivity index (χ1v) is 6.83. The van der Waals surface area contributed by atoms with Gasteiger partial charge in [0.05, 0.1) is 18.6 Å². The molecule has 0 spiro atoms. The van der Waals surface area contributed by atoms with Crippen LogP contribution in [0.5, 0.6) is 5.75 Å². The molecule has 0 bridgehead atoms. The number of carbonyl (C=O) groups is 1. The molecule has 0 atom stereocenters. The summed E-state index contributed by atoms with van der Waals surface area (Å²) in [4.78, 5) is 17.1. The summed E-state index contributed by atoms with van der Waals surface area (Å²) in [6.45, 7) is 1.98. The van der Waals surface area contributed by atoms with Gasteiger partial charge in [-0.05, 0) is 19.2 Å². The molecular formula is C12H16N3O3S+. The largest absolute Gasteiger partial charge is 0.493 e. The SMILES string of the molecule is CCOC(=O)N(C)c1c([N+]#N)ccc(SC)c1OC.